The Morgan fingerprint density at radius 3 is 2.92 bits per heavy atom. The molecule has 0 spiro atoms. The van der Waals surface area contributed by atoms with Gasteiger partial charge in [-0.2, -0.15) is 0 Å². The molecule has 0 amide bonds. The zero-order valence-electron chi connectivity index (χ0n) is 13.3. The monoisotopic (exact) mass is 323 g/mol. The van der Waals surface area contributed by atoms with Gasteiger partial charge in [-0.25, -0.2) is 4.98 Å². The molecule has 0 bridgehead atoms. The number of pyridine rings is 1. The van der Waals surface area contributed by atoms with Gasteiger partial charge in [-0.15, -0.1) is 0 Å². The SMILES string of the molecule is Cc1cc(CN2CCc3c(nc(-c4ccncc4)[nH]c3=O)C2)no1. The highest BCUT2D eigenvalue weighted by Gasteiger charge is 2.22. The van der Waals surface area contributed by atoms with Crippen LogP contribution in [0.4, 0.5) is 0 Å². The Morgan fingerprint density at radius 1 is 1.33 bits per heavy atom. The first-order valence-corrected chi connectivity index (χ1v) is 7.86. The highest BCUT2D eigenvalue weighted by atomic mass is 16.5. The lowest BCUT2D eigenvalue weighted by molar-refractivity contribution is 0.232. The lowest BCUT2D eigenvalue weighted by Crippen LogP contribution is -2.35. The second-order valence-electron chi connectivity index (χ2n) is 5.97. The Morgan fingerprint density at radius 2 is 2.17 bits per heavy atom. The van der Waals surface area contributed by atoms with E-state index in [-0.39, 0.29) is 5.56 Å². The van der Waals surface area contributed by atoms with E-state index in [4.69, 9.17) is 4.52 Å². The van der Waals surface area contributed by atoms with E-state index in [1.807, 2.05) is 25.1 Å². The molecule has 1 aliphatic rings. The highest BCUT2D eigenvalue weighted by molar-refractivity contribution is 5.54. The third kappa shape index (κ3) is 2.85. The van der Waals surface area contributed by atoms with E-state index in [0.717, 1.165) is 34.8 Å². The van der Waals surface area contributed by atoms with Gasteiger partial charge in [0, 0.05) is 49.2 Å². The van der Waals surface area contributed by atoms with Gasteiger partial charge in [-0.05, 0) is 25.5 Å². The molecule has 0 radical (unpaired) electrons. The van der Waals surface area contributed by atoms with Crippen LogP contribution in [0.2, 0.25) is 0 Å². The number of fused-ring (bicyclic) bond motifs is 1. The van der Waals surface area contributed by atoms with E-state index < -0.39 is 0 Å². The van der Waals surface area contributed by atoms with Crippen molar-refractivity contribution in [3.63, 3.8) is 0 Å². The average molecular weight is 323 g/mol. The van der Waals surface area contributed by atoms with Gasteiger partial charge >= 0.3 is 0 Å². The lowest BCUT2D eigenvalue weighted by atomic mass is 10.1. The fourth-order valence-corrected chi connectivity index (χ4v) is 3.00. The van der Waals surface area contributed by atoms with E-state index >= 15 is 0 Å². The fraction of sp³-hybridized carbons (Fsp3) is 0.294. The number of hydrogen-bond acceptors (Lipinski definition) is 6. The zero-order chi connectivity index (χ0) is 16.5. The molecule has 1 aliphatic heterocycles. The lowest BCUT2D eigenvalue weighted by Gasteiger charge is -2.26. The van der Waals surface area contributed by atoms with Crippen LogP contribution in [-0.2, 0) is 19.5 Å². The molecule has 0 aromatic carbocycles. The molecule has 0 saturated carbocycles. The molecule has 0 saturated heterocycles. The number of hydrogen-bond donors (Lipinski definition) is 1. The molecule has 3 aromatic heterocycles. The Balaban J connectivity index is 1.62. The summed E-state index contributed by atoms with van der Waals surface area (Å²) in [6.07, 6.45) is 4.06. The Bertz CT molecular complexity index is 916. The van der Waals surface area contributed by atoms with Crippen LogP contribution in [0, 0.1) is 6.92 Å². The molecule has 122 valence electrons. The van der Waals surface area contributed by atoms with Crippen LogP contribution in [0.25, 0.3) is 11.4 Å². The molecule has 3 aromatic rings. The highest BCUT2D eigenvalue weighted by Crippen LogP contribution is 2.19. The number of aromatic amines is 1. The van der Waals surface area contributed by atoms with Crippen molar-refractivity contribution < 1.29 is 4.52 Å². The Hall–Kier alpha value is -2.80. The summed E-state index contributed by atoms with van der Waals surface area (Å²) < 4.78 is 5.12. The van der Waals surface area contributed by atoms with Gasteiger partial charge in [0.15, 0.2) is 0 Å². The Labute approximate surface area is 138 Å². The molecule has 0 atom stereocenters. The van der Waals surface area contributed by atoms with Crippen LogP contribution >= 0.6 is 0 Å². The van der Waals surface area contributed by atoms with Gasteiger partial charge in [-0.1, -0.05) is 5.16 Å². The maximum absolute atomic E-state index is 12.4. The summed E-state index contributed by atoms with van der Waals surface area (Å²) in [6, 6.07) is 5.61. The summed E-state index contributed by atoms with van der Waals surface area (Å²) in [5.74, 6) is 1.39. The molecular weight excluding hydrogens is 306 g/mol. The number of aromatic nitrogens is 4. The summed E-state index contributed by atoms with van der Waals surface area (Å²) >= 11 is 0. The normalized spacial score (nSPS) is 14.5. The van der Waals surface area contributed by atoms with E-state index in [1.165, 1.54) is 0 Å². The molecule has 1 N–H and O–H groups in total. The summed E-state index contributed by atoms with van der Waals surface area (Å²) in [6.45, 7) is 4.00. The maximum Gasteiger partial charge on any atom is 0.254 e. The van der Waals surface area contributed by atoms with Crippen LogP contribution in [-0.4, -0.2) is 31.6 Å². The second-order valence-corrected chi connectivity index (χ2v) is 5.97. The van der Waals surface area contributed by atoms with Crippen LogP contribution in [0.5, 0.6) is 0 Å². The Kier molecular flexibility index (Phi) is 3.70. The number of rotatable bonds is 3. The molecule has 4 rings (SSSR count). The summed E-state index contributed by atoms with van der Waals surface area (Å²) in [4.78, 5) is 26.1. The van der Waals surface area contributed by atoms with Crippen molar-refractivity contribution >= 4 is 0 Å². The maximum atomic E-state index is 12.4. The van der Waals surface area contributed by atoms with Gasteiger partial charge in [-0.3, -0.25) is 14.7 Å². The van der Waals surface area contributed by atoms with Crippen LogP contribution in [0.15, 0.2) is 39.9 Å². The van der Waals surface area contributed by atoms with Gasteiger partial charge in [0.05, 0.1) is 11.4 Å². The van der Waals surface area contributed by atoms with E-state index in [0.29, 0.717) is 25.3 Å². The van der Waals surface area contributed by atoms with Crippen molar-refractivity contribution in [1.82, 2.24) is 25.0 Å². The molecule has 0 aliphatic carbocycles. The zero-order valence-corrected chi connectivity index (χ0v) is 13.3. The smallest absolute Gasteiger partial charge is 0.254 e. The van der Waals surface area contributed by atoms with Crippen LogP contribution < -0.4 is 5.56 Å². The van der Waals surface area contributed by atoms with Crippen LogP contribution in [0.3, 0.4) is 0 Å². The predicted octanol–water partition coefficient (Wildman–Crippen LogP) is 1.69. The number of aryl methyl sites for hydroxylation is 1. The number of nitrogens with one attached hydrogen (secondary N) is 1. The molecule has 0 fully saturated rings. The standard InChI is InChI=1S/C17H17N5O2/c1-11-8-13(21-24-11)9-22-7-4-14-15(10-22)19-16(20-17(14)23)12-2-5-18-6-3-12/h2-3,5-6,8H,4,7,9-10H2,1H3,(H,19,20,23). The van der Waals surface area contributed by atoms with E-state index in [9.17, 15) is 4.79 Å². The predicted molar refractivity (Wildman–Crippen MR) is 87.1 cm³/mol. The third-order valence-corrected chi connectivity index (χ3v) is 4.17. The van der Waals surface area contributed by atoms with Crippen molar-refractivity contribution in [2.75, 3.05) is 6.54 Å². The average Bonchev–Trinajstić information content (AvgIpc) is 3.00. The summed E-state index contributed by atoms with van der Waals surface area (Å²) in [5, 5.41) is 4.04. The second kappa shape index (κ2) is 6.01. The minimum absolute atomic E-state index is 0.0521. The quantitative estimate of drug-likeness (QED) is 0.789. The van der Waals surface area contributed by atoms with Crippen molar-refractivity contribution in [2.45, 2.75) is 26.4 Å². The largest absolute Gasteiger partial charge is 0.361 e. The molecule has 7 nitrogen and oxygen atoms in total. The molecule has 24 heavy (non-hydrogen) atoms. The summed E-state index contributed by atoms with van der Waals surface area (Å²) in [5.41, 5.74) is 3.31. The molecule has 0 unspecified atom stereocenters. The first-order chi connectivity index (χ1) is 11.7. The number of nitrogens with zero attached hydrogens (tertiary/aromatic N) is 4. The van der Waals surface area contributed by atoms with Crippen LogP contribution in [0.1, 0.15) is 22.7 Å². The number of H-pyrrole nitrogens is 1. The van der Waals surface area contributed by atoms with E-state index in [1.54, 1.807) is 12.4 Å². The van der Waals surface area contributed by atoms with Crippen molar-refractivity contribution in [3.8, 4) is 11.4 Å². The first-order valence-electron chi connectivity index (χ1n) is 7.86. The van der Waals surface area contributed by atoms with E-state index in [2.05, 4.69) is 25.0 Å². The van der Waals surface area contributed by atoms with Crippen molar-refractivity contribution in [3.05, 3.63) is 63.7 Å². The van der Waals surface area contributed by atoms with Gasteiger partial charge in [0.2, 0.25) is 0 Å². The fourth-order valence-electron chi connectivity index (χ4n) is 3.00. The minimum Gasteiger partial charge on any atom is -0.361 e. The minimum atomic E-state index is -0.0521. The third-order valence-electron chi connectivity index (χ3n) is 4.17. The first kappa shape index (κ1) is 14.8. The molecule has 4 heterocycles. The van der Waals surface area contributed by atoms with Gasteiger partial charge in [0.1, 0.15) is 11.6 Å². The molecular formula is C17H17N5O2. The summed E-state index contributed by atoms with van der Waals surface area (Å²) in [7, 11) is 0. The van der Waals surface area contributed by atoms with Gasteiger partial charge < -0.3 is 9.51 Å². The molecule has 7 heteroatoms. The van der Waals surface area contributed by atoms with Gasteiger partial charge in [0.25, 0.3) is 5.56 Å². The van der Waals surface area contributed by atoms with Crippen molar-refractivity contribution in [1.29, 1.82) is 0 Å². The topological polar surface area (TPSA) is 87.9 Å². The van der Waals surface area contributed by atoms with Crippen molar-refractivity contribution in [2.24, 2.45) is 0 Å².